The molecule has 0 aliphatic carbocycles. The van der Waals surface area contributed by atoms with E-state index < -0.39 is 12.3 Å². The van der Waals surface area contributed by atoms with Crippen molar-refractivity contribution in [3.8, 4) is 0 Å². The van der Waals surface area contributed by atoms with Crippen molar-refractivity contribution >= 4 is 12.0 Å². The number of carbonyl (C=O) groups is 2. The van der Waals surface area contributed by atoms with Crippen molar-refractivity contribution in [2.24, 2.45) is 0 Å². The summed E-state index contributed by atoms with van der Waals surface area (Å²) in [4.78, 5) is 31.1. The number of carbonyl (C=O) groups excluding carboxylic acids is 2. The molecule has 35 heavy (non-hydrogen) atoms. The summed E-state index contributed by atoms with van der Waals surface area (Å²) < 4.78 is 10.5. The van der Waals surface area contributed by atoms with Crippen LogP contribution < -0.4 is 16.1 Å². The van der Waals surface area contributed by atoms with Gasteiger partial charge >= 0.3 is 6.09 Å². The number of ether oxygens (including phenoxy) is 2. The molecule has 0 spiro atoms. The van der Waals surface area contributed by atoms with Gasteiger partial charge in [-0.15, -0.1) is 5.12 Å². The summed E-state index contributed by atoms with van der Waals surface area (Å²) in [5, 5.41) is 10.0. The van der Waals surface area contributed by atoms with Gasteiger partial charge in [0.1, 0.15) is 6.17 Å². The minimum absolute atomic E-state index is 0.120. The Balaban J connectivity index is 1.72. The molecule has 0 radical (unpaired) electrons. The molecular formula is C24H37N7O4. The molecule has 0 saturated carbocycles. The first-order valence-electron chi connectivity index (χ1n) is 12.1. The molecule has 4 rings (SSSR count). The van der Waals surface area contributed by atoms with Crippen LogP contribution in [0.3, 0.4) is 0 Å². The lowest BCUT2D eigenvalue weighted by atomic mass is 10.0. The van der Waals surface area contributed by atoms with Crippen LogP contribution in [0.2, 0.25) is 0 Å². The van der Waals surface area contributed by atoms with Gasteiger partial charge in [-0.3, -0.25) is 15.0 Å². The number of benzene rings is 1. The lowest BCUT2D eigenvalue weighted by molar-refractivity contribution is -0.0591. The second kappa shape index (κ2) is 11.5. The lowest BCUT2D eigenvalue weighted by Gasteiger charge is -2.41. The van der Waals surface area contributed by atoms with Gasteiger partial charge in [-0.2, -0.15) is 5.01 Å². The topological polar surface area (TPSA) is 102 Å². The van der Waals surface area contributed by atoms with Gasteiger partial charge in [-0.25, -0.2) is 10.2 Å². The Hall–Kier alpha value is -2.54. The lowest BCUT2D eigenvalue weighted by Crippen LogP contribution is -2.63. The van der Waals surface area contributed by atoms with Crippen molar-refractivity contribution in [3.63, 3.8) is 0 Å². The van der Waals surface area contributed by atoms with E-state index in [0.717, 1.165) is 37.4 Å². The average molecular weight is 488 g/mol. The van der Waals surface area contributed by atoms with E-state index >= 15 is 0 Å². The third-order valence-electron chi connectivity index (χ3n) is 6.66. The van der Waals surface area contributed by atoms with Crippen molar-refractivity contribution in [2.75, 3.05) is 60.6 Å². The molecular weight excluding hydrogens is 450 g/mol. The first-order valence-corrected chi connectivity index (χ1v) is 12.1. The van der Waals surface area contributed by atoms with Crippen LogP contribution in [0.1, 0.15) is 23.7 Å². The first kappa shape index (κ1) is 25.5. The third-order valence-corrected chi connectivity index (χ3v) is 6.66. The molecule has 1 fully saturated rings. The molecule has 11 heteroatoms. The number of nitrogens with zero attached hydrogens (tertiary/aromatic N) is 4. The molecule has 11 nitrogen and oxygen atoms in total. The Labute approximate surface area is 206 Å². The Morgan fingerprint density at radius 1 is 1.14 bits per heavy atom. The summed E-state index contributed by atoms with van der Waals surface area (Å²) >= 11 is 0. The Bertz CT molecular complexity index is 920. The van der Waals surface area contributed by atoms with Gasteiger partial charge in [0.25, 0.3) is 5.91 Å². The molecule has 3 atom stereocenters. The van der Waals surface area contributed by atoms with Crippen LogP contribution in [0.4, 0.5) is 4.79 Å². The zero-order valence-electron chi connectivity index (χ0n) is 21.0. The number of amides is 2. The quantitative estimate of drug-likeness (QED) is 0.505. The maximum absolute atomic E-state index is 13.3. The van der Waals surface area contributed by atoms with Crippen LogP contribution in [0.25, 0.3) is 0 Å². The molecule has 1 aromatic rings. The fourth-order valence-electron chi connectivity index (χ4n) is 4.92. The molecule has 3 heterocycles. The largest absolute Gasteiger partial charge is 0.452 e. The van der Waals surface area contributed by atoms with E-state index in [9.17, 15) is 9.59 Å². The van der Waals surface area contributed by atoms with Crippen LogP contribution >= 0.6 is 0 Å². The first-order chi connectivity index (χ1) is 16.9. The minimum Gasteiger partial charge on any atom is -0.452 e. The molecule has 3 N–H and O–H groups in total. The predicted octanol–water partition coefficient (Wildman–Crippen LogP) is 0.402. The van der Waals surface area contributed by atoms with Gasteiger partial charge in [-0.05, 0) is 26.1 Å². The zero-order valence-corrected chi connectivity index (χ0v) is 21.0. The second-order valence-electron chi connectivity index (χ2n) is 9.20. The van der Waals surface area contributed by atoms with Gasteiger partial charge < -0.3 is 19.7 Å². The summed E-state index contributed by atoms with van der Waals surface area (Å²) in [6, 6.07) is 8.97. The van der Waals surface area contributed by atoms with Crippen LogP contribution in [0, 0.1) is 0 Å². The SMILES string of the molecule is COCC(C)NN1C(NC(=O)c2ccccc2)C2=C(CCNC2N2CCN(C)CC2)N1C(=O)OC. The highest BCUT2D eigenvalue weighted by Crippen LogP contribution is 2.35. The molecule has 3 aliphatic rings. The fourth-order valence-corrected chi connectivity index (χ4v) is 4.92. The number of likely N-dealkylation sites (N-methyl/N-ethyl adjacent to an activating group) is 1. The van der Waals surface area contributed by atoms with Crippen LogP contribution in [0.15, 0.2) is 41.6 Å². The zero-order chi connectivity index (χ0) is 24.9. The van der Waals surface area contributed by atoms with Crippen molar-refractivity contribution in [2.45, 2.75) is 31.7 Å². The van der Waals surface area contributed by atoms with Crippen LogP contribution in [-0.4, -0.2) is 111 Å². The molecule has 3 unspecified atom stereocenters. The van der Waals surface area contributed by atoms with Crippen molar-refractivity contribution in [1.82, 2.24) is 36.0 Å². The number of piperazine rings is 1. The molecule has 2 amide bonds. The fraction of sp³-hybridized carbons (Fsp3) is 0.583. The highest BCUT2D eigenvalue weighted by molar-refractivity contribution is 5.94. The van der Waals surface area contributed by atoms with Gasteiger partial charge in [0.05, 0.1) is 25.6 Å². The molecule has 1 saturated heterocycles. The number of methoxy groups -OCH3 is 2. The maximum Gasteiger partial charge on any atom is 0.429 e. The van der Waals surface area contributed by atoms with E-state index in [2.05, 4.69) is 32.9 Å². The van der Waals surface area contributed by atoms with Crippen molar-refractivity contribution in [3.05, 3.63) is 47.2 Å². The number of hydrogen-bond donors (Lipinski definition) is 3. The summed E-state index contributed by atoms with van der Waals surface area (Å²) in [7, 11) is 5.12. The number of hydrogen-bond acceptors (Lipinski definition) is 9. The molecule has 0 bridgehead atoms. The highest BCUT2D eigenvalue weighted by atomic mass is 16.5. The molecule has 0 aromatic heterocycles. The standard InChI is InChI=1S/C24H37N7O4/c1-17(16-34-3)27-31-22(26-23(32)18-8-6-5-7-9-18)20-19(30(31)24(33)35-4)10-11-25-21(20)29-14-12-28(2)13-15-29/h5-9,17,21-22,25,27H,10-16H2,1-4H3,(H,26,32). The number of nitrogens with one attached hydrogen (secondary N) is 3. The summed E-state index contributed by atoms with van der Waals surface area (Å²) in [5.41, 5.74) is 5.71. The smallest absolute Gasteiger partial charge is 0.429 e. The van der Waals surface area contributed by atoms with Crippen molar-refractivity contribution < 1.29 is 19.1 Å². The van der Waals surface area contributed by atoms with Gasteiger partial charge in [0.2, 0.25) is 0 Å². The van der Waals surface area contributed by atoms with E-state index in [0.29, 0.717) is 25.1 Å². The van der Waals surface area contributed by atoms with Crippen LogP contribution in [-0.2, 0) is 9.47 Å². The monoisotopic (exact) mass is 487 g/mol. The van der Waals surface area contributed by atoms with Crippen molar-refractivity contribution in [1.29, 1.82) is 0 Å². The summed E-state index contributed by atoms with van der Waals surface area (Å²) in [6.07, 6.45) is -0.604. The van der Waals surface area contributed by atoms with Gasteiger partial charge in [0.15, 0.2) is 0 Å². The normalized spacial score (nSPS) is 24.9. The van der Waals surface area contributed by atoms with Gasteiger partial charge in [-0.1, -0.05) is 18.2 Å². The third kappa shape index (κ3) is 5.50. The number of hydrazine groups is 2. The van der Waals surface area contributed by atoms with E-state index in [1.165, 1.54) is 12.1 Å². The summed E-state index contributed by atoms with van der Waals surface area (Å²) in [6.45, 7) is 6.78. The average Bonchev–Trinajstić information content (AvgIpc) is 3.17. The van der Waals surface area contributed by atoms with E-state index in [1.54, 1.807) is 24.4 Å². The molecule has 3 aliphatic heterocycles. The molecule has 192 valence electrons. The second-order valence-corrected chi connectivity index (χ2v) is 9.20. The maximum atomic E-state index is 13.3. The number of rotatable bonds is 7. The minimum atomic E-state index is -0.603. The van der Waals surface area contributed by atoms with Crippen LogP contribution in [0.5, 0.6) is 0 Å². The summed E-state index contributed by atoms with van der Waals surface area (Å²) in [5.74, 6) is -0.219. The highest BCUT2D eigenvalue weighted by Gasteiger charge is 2.49. The predicted molar refractivity (Wildman–Crippen MR) is 131 cm³/mol. The Kier molecular flexibility index (Phi) is 8.37. The molecule has 1 aromatic carbocycles. The Morgan fingerprint density at radius 3 is 2.51 bits per heavy atom. The Morgan fingerprint density at radius 2 is 1.86 bits per heavy atom. The van der Waals surface area contributed by atoms with E-state index in [4.69, 9.17) is 9.47 Å². The van der Waals surface area contributed by atoms with Gasteiger partial charge in [0, 0.05) is 63.4 Å². The van der Waals surface area contributed by atoms with E-state index in [1.807, 2.05) is 25.1 Å². The van der Waals surface area contributed by atoms with E-state index in [-0.39, 0.29) is 18.1 Å².